The van der Waals surface area contributed by atoms with Gasteiger partial charge in [0.05, 0.1) is 40.6 Å². The van der Waals surface area contributed by atoms with Crippen molar-refractivity contribution in [2.24, 2.45) is 5.41 Å². The number of rotatable bonds is 6. The van der Waals surface area contributed by atoms with Gasteiger partial charge in [-0.2, -0.15) is 6.92 Å². The zero-order chi connectivity index (χ0) is 42.1. The maximum absolute atomic E-state index is 14.1. The second kappa shape index (κ2) is 19.9. The molecule has 5 heterocycles. The number of amides is 2. The van der Waals surface area contributed by atoms with Crippen LogP contribution < -0.4 is 15.6 Å². The quantitative estimate of drug-likeness (QED) is 0.112. The van der Waals surface area contributed by atoms with Crippen LogP contribution in [0, 0.1) is 33.6 Å². The van der Waals surface area contributed by atoms with Gasteiger partial charge in [0, 0.05) is 84.8 Å². The van der Waals surface area contributed by atoms with Crippen LogP contribution in [-0.4, -0.2) is 88.5 Å². The van der Waals surface area contributed by atoms with Crippen molar-refractivity contribution >= 4 is 45.9 Å². The Morgan fingerprint density at radius 1 is 1.17 bits per heavy atom. The molecule has 2 aliphatic heterocycles. The van der Waals surface area contributed by atoms with Crippen LogP contribution in [0.15, 0.2) is 35.8 Å². The molecule has 4 atom stereocenters. The predicted octanol–water partition coefficient (Wildman–Crippen LogP) is 7.91. The van der Waals surface area contributed by atoms with E-state index in [4.69, 9.17) is 24.2 Å². The van der Waals surface area contributed by atoms with Crippen LogP contribution in [0.5, 0.6) is 0 Å². The van der Waals surface area contributed by atoms with Gasteiger partial charge in [0.15, 0.2) is 0 Å². The molecule has 0 spiro atoms. The molecule has 1 fully saturated rings. The number of anilines is 1. The van der Waals surface area contributed by atoms with Crippen molar-refractivity contribution < 1.29 is 48.1 Å². The van der Waals surface area contributed by atoms with Gasteiger partial charge >= 0.3 is 12.1 Å². The Hall–Kier alpha value is -3.91. The number of carbonyl (C=O) groups is 3. The van der Waals surface area contributed by atoms with Crippen molar-refractivity contribution in [3.63, 3.8) is 0 Å². The first-order chi connectivity index (χ1) is 27.7. The number of thiazole rings is 1. The molecule has 2 amide bonds. The summed E-state index contributed by atoms with van der Waals surface area (Å²) in [5, 5.41) is 7.91. The summed E-state index contributed by atoms with van der Waals surface area (Å²) >= 11 is 1.43. The monoisotopic (exact) mass is 891 g/mol. The fraction of sp³-hybridized carbons (Fsp3) is 0.489. The molecule has 6 bridgehead atoms. The van der Waals surface area contributed by atoms with E-state index in [9.17, 15) is 14.4 Å². The number of aryl methyl sites for hydroxylation is 1. The molecule has 324 valence electrons. The fourth-order valence-corrected chi connectivity index (χ4v) is 9.22. The zero-order valence-corrected chi connectivity index (χ0v) is 40.6. The van der Waals surface area contributed by atoms with Crippen LogP contribution in [0.4, 0.5) is 10.5 Å². The number of fused-ring (bicyclic) bond motifs is 8. The number of esters is 1. The van der Waals surface area contributed by atoms with Crippen molar-refractivity contribution in [3.8, 4) is 22.5 Å². The summed E-state index contributed by atoms with van der Waals surface area (Å²) in [6.07, 6.45) is 1.89. The number of hydrogen-bond donors (Lipinski definition) is 2. The molecule has 13 nitrogen and oxygen atoms in total. The summed E-state index contributed by atoms with van der Waals surface area (Å²) in [7, 11) is 1.71. The first-order valence-corrected chi connectivity index (χ1v) is 21.0. The molecule has 15 heteroatoms. The average Bonchev–Trinajstić information content (AvgIpc) is 3.81. The van der Waals surface area contributed by atoms with Gasteiger partial charge in [-0.15, -0.1) is 24.4 Å². The third-order valence-electron chi connectivity index (χ3n) is 11.0. The molecular weight excluding hydrogens is 832 g/mol. The number of nitrogens with one attached hydrogen (secondary N) is 2. The molecule has 1 unspecified atom stereocenters. The third kappa shape index (κ3) is 9.59. The van der Waals surface area contributed by atoms with Gasteiger partial charge < -0.3 is 57.2 Å². The standard InChI is InChI=1S/C42H53N7O6S.C2H5.CH3.Zn/c1-10-47(11-2)25-19-27-35(43-21-25)37(53-9)34-33-26-18-24(15-16-31(26)48(12-3)36(27)33)30-22-56-32(44-30)20-29(45-40(52)55-41(4,5)6)38(50)49-17-13-14-28(46-49)39(51)54-23-42(34,7)8;1-2;;/h15-16,18-19,21-22,28-29,34,37,46H,1-2,10-14,17,20,23H2,3-9H3,(H,45,52);1H2,2H3;1H3;/q-2;2*-1;/t28-,29-,34?,37-;;;/m0.../s1. The van der Waals surface area contributed by atoms with Crippen molar-refractivity contribution in [2.45, 2.75) is 104 Å². The molecule has 3 aliphatic rings. The number of cyclic esters (lactones) is 1. The topological polar surface area (TPSA) is 140 Å². The van der Waals surface area contributed by atoms with E-state index in [2.05, 4.69) is 86.0 Å². The molecule has 0 saturated carbocycles. The molecule has 7 rings (SSSR count). The van der Waals surface area contributed by atoms with Crippen molar-refractivity contribution in [1.29, 1.82) is 0 Å². The minimum Gasteiger partial charge on any atom is -0.464 e. The summed E-state index contributed by atoms with van der Waals surface area (Å²) in [4.78, 5) is 53.2. The smallest absolute Gasteiger partial charge is 0.408 e. The number of hydrazine groups is 1. The Kier molecular flexibility index (Phi) is 16.1. The van der Waals surface area contributed by atoms with Gasteiger partial charge in [0.1, 0.15) is 23.8 Å². The Bertz CT molecular complexity index is 2140. The van der Waals surface area contributed by atoms with Gasteiger partial charge in [-0.3, -0.25) is 19.6 Å². The molecular formula is C45H61N7O6SZn-4. The first-order valence-electron chi connectivity index (χ1n) is 20.1. The van der Waals surface area contributed by atoms with Gasteiger partial charge in [-0.1, -0.05) is 19.9 Å². The number of pyridine rings is 1. The van der Waals surface area contributed by atoms with Crippen molar-refractivity contribution in [1.82, 2.24) is 30.3 Å². The Labute approximate surface area is 373 Å². The minimum absolute atomic E-state index is 0. The number of aromatic nitrogens is 3. The van der Waals surface area contributed by atoms with E-state index in [1.54, 1.807) is 34.8 Å². The van der Waals surface area contributed by atoms with Crippen molar-refractivity contribution in [2.75, 3.05) is 38.3 Å². The summed E-state index contributed by atoms with van der Waals surface area (Å²) < 4.78 is 20.5. The van der Waals surface area contributed by atoms with Gasteiger partial charge in [0.2, 0.25) is 0 Å². The number of hydrogen-bond acceptors (Lipinski definition) is 11. The van der Waals surface area contributed by atoms with E-state index in [0.29, 0.717) is 44.0 Å². The van der Waals surface area contributed by atoms with Crippen LogP contribution in [0.25, 0.3) is 33.4 Å². The Morgan fingerprint density at radius 2 is 1.88 bits per heavy atom. The molecule has 2 N–H and O–H groups in total. The Morgan fingerprint density at radius 3 is 2.53 bits per heavy atom. The first kappa shape index (κ1) is 48.8. The second-order valence-corrected chi connectivity index (χ2v) is 17.4. The zero-order valence-electron chi connectivity index (χ0n) is 36.9. The average molecular weight is 893 g/mol. The predicted molar refractivity (Wildman–Crippen MR) is 234 cm³/mol. The molecule has 1 aromatic carbocycles. The number of carbonyl (C=O) groups excluding carboxylic acids is 3. The van der Waals surface area contributed by atoms with E-state index < -0.39 is 41.3 Å². The molecule has 0 radical (unpaired) electrons. The Balaban J connectivity index is 0.00000196. The SMILES string of the molecule is [CH2-]C.[CH2-]CN(C[CH2-])c1cnc2c(c1)-c1c3c4cc(ccc4n1CC)-c1csc(n1)C[C@H](NC(=O)OC(C)(C)C)C(=O)N1CCC[C@H](N1)C(=O)OCC(C)(C)C3[C@@H]2OC.[CH3-].[Zn]. The van der Waals surface area contributed by atoms with Gasteiger partial charge in [-0.05, 0) is 64.3 Å². The maximum atomic E-state index is 14.1. The van der Waals surface area contributed by atoms with Crippen LogP contribution in [0.1, 0.15) is 89.6 Å². The van der Waals surface area contributed by atoms with E-state index in [-0.39, 0.29) is 51.8 Å². The number of methoxy groups -OCH3 is 1. The molecule has 1 saturated heterocycles. The summed E-state index contributed by atoms with van der Waals surface area (Å²) in [5.41, 5.74) is 9.34. The number of nitrogens with zero attached hydrogens (tertiary/aromatic N) is 5. The summed E-state index contributed by atoms with van der Waals surface area (Å²) in [6, 6.07) is 6.83. The summed E-state index contributed by atoms with van der Waals surface area (Å²) in [6.45, 7) is 27.1. The van der Waals surface area contributed by atoms with E-state index >= 15 is 0 Å². The second-order valence-electron chi connectivity index (χ2n) is 16.4. The summed E-state index contributed by atoms with van der Waals surface area (Å²) in [5.74, 6) is -1.12. The molecule has 4 aromatic rings. The molecule has 1 aliphatic carbocycles. The van der Waals surface area contributed by atoms with Crippen LogP contribution in [-0.2, 0) is 56.2 Å². The van der Waals surface area contributed by atoms with E-state index in [0.717, 1.165) is 50.4 Å². The third-order valence-corrected chi connectivity index (χ3v) is 11.9. The minimum atomic E-state index is -0.995. The van der Waals surface area contributed by atoms with Gasteiger partial charge in [0.25, 0.3) is 5.91 Å². The maximum Gasteiger partial charge on any atom is 0.408 e. The molecule has 3 aromatic heterocycles. The number of benzene rings is 1. The largest absolute Gasteiger partial charge is 0.464 e. The molecule has 60 heavy (non-hydrogen) atoms. The number of alkyl carbamates (subject to hydrolysis) is 1. The van der Waals surface area contributed by atoms with E-state index in [1.807, 2.05) is 11.6 Å². The van der Waals surface area contributed by atoms with Gasteiger partial charge in [-0.25, -0.2) is 15.2 Å². The van der Waals surface area contributed by atoms with E-state index in [1.165, 1.54) is 16.3 Å². The normalized spacial score (nSPS) is 20.9. The fourth-order valence-electron chi connectivity index (χ4n) is 8.37. The number of ether oxygens (including phenoxy) is 3. The van der Waals surface area contributed by atoms with Crippen LogP contribution >= 0.6 is 11.3 Å². The van der Waals surface area contributed by atoms with Crippen LogP contribution in [0.2, 0.25) is 0 Å². The van der Waals surface area contributed by atoms with Crippen LogP contribution in [0.3, 0.4) is 0 Å². The van der Waals surface area contributed by atoms with Crippen molar-refractivity contribution in [3.05, 3.63) is 80.3 Å².